The molecule has 24 heavy (non-hydrogen) atoms. The summed E-state index contributed by atoms with van der Waals surface area (Å²) in [4.78, 5) is 2.16. The predicted octanol–water partition coefficient (Wildman–Crippen LogP) is 1.82. The Morgan fingerprint density at radius 3 is 2.50 bits per heavy atom. The number of aromatic amines is 1. The van der Waals surface area contributed by atoms with Crippen molar-refractivity contribution in [3.63, 3.8) is 0 Å². The minimum Gasteiger partial charge on any atom is -0.366 e. The van der Waals surface area contributed by atoms with Crippen molar-refractivity contribution in [2.45, 2.75) is 19.6 Å². The van der Waals surface area contributed by atoms with Crippen LogP contribution in [0.2, 0.25) is 0 Å². The van der Waals surface area contributed by atoms with Crippen LogP contribution in [0.5, 0.6) is 0 Å². The van der Waals surface area contributed by atoms with Gasteiger partial charge in [0.1, 0.15) is 5.82 Å². The van der Waals surface area contributed by atoms with Gasteiger partial charge in [-0.15, -0.1) is 0 Å². The Bertz CT molecular complexity index is 807. The van der Waals surface area contributed by atoms with Crippen LogP contribution in [0.15, 0.2) is 24.3 Å². The second kappa shape index (κ2) is 6.52. The highest BCUT2D eigenvalue weighted by Gasteiger charge is 2.28. The zero-order chi connectivity index (χ0) is 17.3. The maximum atomic E-state index is 13.2. The van der Waals surface area contributed by atoms with E-state index in [0.29, 0.717) is 31.7 Å². The lowest BCUT2D eigenvalue weighted by atomic mass is 10.2. The number of piperazine rings is 1. The van der Waals surface area contributed by atoms with E-state index >= 15 is 0 Å². The molecule has 3 rings (SSSR count). The molecule has 130 valence electrons. The summed E-state index contributed by atoms with van der Waals surface area (Å²) in [5, 5.41) is 7.14. The summed E-state index contributed by atoms with van der Waals surface area (Å²) in [7, 11) is -3.45. The SMILES string of the molecule is Cc1n[nH]c(C)c1N1CCN(S(=O)(=O)Cc2cccc(F)c2)CC1. The normalized spacial score (nSPS) is 16.5. The molecule has 6 nitrogen and oxygen atoms in total. The van der Waals surface area contributed by atoms with E-state index in [1.165, 1.54) is 22.5 Å². The van der Waals surface area contributed by atoms with Gasteiger partial charge < -0.3 is 4.90 Å². The summed E-state index contributed by atoms with van der Waals surface area (Å²) in [5.74, 6) is -0.590. The number of H-pyrrole nitrogens is 1. The molecule has 1 N–H and O–H groups in total. The molecule has 1 aliphatic heterocycles. The third-order valence-electron chi connectivity index (χ3n) is 4.28. The number of sulfonamides is 1. The minimum atomic E-state index is -3.45. The molecule has 0 radical (unpaired) electrons. The van der Waals surface area contributed by atoms with Crippen LogP contribution < -0.4 is 4.90 Å². The number of aromatic nitrogens is 2. The van der Waals surface area contributed by atoms with Crippen molar-refractivity contribution < 1.29 is 12.8 Å². The lowest BCUT2D eigenvalue weighted by molar-refractivity contribution is 0.384. The van der Waals surface area contributed by atoms with Crippen LogP contribution in [0, 0.1) is 19.7 Å². The van der Waals surface area contributed by atoms with Crippen molar-refractivity contribution in [3.05, 3.63) is 47.0 Å². The maximum absolute atomic E-state index is 13.2. The van der Waals surface area contributed by atoms with Gasteiger partial charge in [0.2, 0.25) is 10.0 Å². The number of nitrogens with one attached hydrogen (secondary N) is 1. The van der Waals surface area contributed by atoms with Crippen LogP contribution in [0.4, 0.5) is 10.1 Å². The van der Waals surface area contributed by atoms with Crippen molar-refractivity contribution >= 4 is 15.7 Å². The van der Waals surface area contributed by atoms with Crippen LogP contribution in [0.1, 0.15) is 17.0 Å². The van der Waals surface area contributed by atoms with E-state index in [0.717, 1.165) is 17.1 Å². The van der Waals surface area contributed by atoms with E-state index in [9.17, 15) is 12.8 Å². The molecular weight excluding hydrogens is 331 g/mol. The molecule has 8 heteroatoms. The average Bonchev–Trinajstić information content (AvgIpc) is 2.86. The summed E-state index contributed by atoms with van der Waals surface area (Å²) in [6, 6.07) is 5.74. The van der Waals surface area contributed by atoms with E-state index in [1.54, 1.807) is 6.07 Å². The first kappa shape index (κ1) is 16.9. The lowest BCUT2D eigenvalue weighted by Crippen LogP contribution is -2.49. The average molecular weight is 352 g/mol. The first-order valence-electron chi connectivity index (χ1n) is 7.85. The Kier molecular flexibility index (Phi) is 4.60. The van der Waals surface area contributed by atoms with E-state index in [1.807, 2.05) is 13.8 Å². The predicted molar refractivity (Wildman–Crippen MR) is 90.9 cm³/mol. The molecule has 1 aromatic carbocycles. The third-order valence-corrected chi connectivity index (χ3v) is 6.13. The Balaban J connectivity index is 1.67. The summed E-state index contributed by atoms with van der Waals surface area (Å²) in [5.41, 5.74) is 3.43. The van der Waals surface area contributed by atoms with Gasteiger partial charge in [-0.3, -0.25) is 5.10 Å². The molecule has 0 unspecified atom stereocenters. The lowest BCUT2D eigenvalue weighted by Gasteiger charge is -2.35. The molecule has 1 fully saturated rings. The van der Waals surface area contributed by atoms with Gasteiger partial charge in [-0.1, -0.05) is 12.1 Å². The molecule has 0 amide bonds. The molecule has 1 saturated heterocycles. The van der Waals surface area contributed by atoms with Crippen LogP contribution in [-0.2, 0) is 15.8 Å². The largest absolute Gasteiger partial charge is 0.366 e. The van der Waals surface area contributed by atoms with Crippen LogP contribution in [0.25, 0.3) is 0 Å². The van der Waals surface area contributed by atoms with Crippen LogP contribution in [-0.4, -0.2) is 49.1 Å². The smallest absolute Gasteiger partial charge is 0.218 e. The topological polar surface area (TPSA) is 69.3 Å². The molecule has 0 spiro atoms. The molecule has 1 aromatic heterocycles. The number of hydrogen-bond donors (Lipinski definition) is 1. The quantitative estimate of drug-likeness (QED) is 0.911. The highest BCUT2D eigenvalue weighted by Crippen LogP contribution is 2.24. The summed E-state index contributed by atoms with van der Waals surface area (Å²) in [6.45, 7) is 5.96. The summed E-state index contributed by atoms with van der Waals surface area (Å²) in [6.07, 6.45) is 0. The number of aryl methyl sites for hydroxylation is 2. The molecule has 0 aliphatic carbocycles. The fourth-order valence-electron chi connectivity index (χ4n) is 3.13. The van der Waals surface area contributed by atoms with Gasteiger partial charge >= 0.3 is 0 Å². The van der Waals surface area contributed by atoms with Crippen LogP contribution in [0.3, 0.4) is 0 Å². The molecule has 0 saturated carbocycles. The number of anilines is 1. The fourth-order valence-corrected chi connectivity index (χ4v) is 4.63. The van der Waals surface area contributed by atoms with E-state index in [-0.39, 0.29) is 5.75 Å². The minimum absolute atomic E-state index is 0.172. The Morgan fingerprint density at radius 1 is 1.21 bits per heavy atom. The van der Waals surface area contributed by atoms with Gasteiger partial charge in [0.05, 0.1) is 22.8 Å². The molecule has 1 aliphatic rings. The first-order valence-corrected chi connectivity index (χ1v) is 9.46. The van der Waals surface area contributed by atoms with Gasteiger partial charge in [-0.25, -0.2) is 12.8 Å². The van der Waals surface area contributed by atoms with Crippen molar-refractivity contribution in [2.75, 3.05) is 31.1 Å². The van der Waals surface area contributed by atoms with E-state index < -0.39 is 15.8 Å². The monoisotopic (exact) mass is 352 g/mol. The number of benzene rings is 1. The highest BCUT2D eigenvalue weighted by atomic mass is 32.2. The van der Waals surface area contributed by atoms with Crippen LogP contribution >= 0.6 is 0 Å². The van der Waals surface area contributed by atoms with Gasteiger partial charge in [0, 0.05) is 26.2 Å². The molecule has 2 aromatic rings. The summed E-state index contributed by atoms with van der Waals surface area (Å²) >= 11 is 0. The molecule has 0 atom stereocenters. The van der Waals surface area contributed by atoms with Gasteiger partial charge in [0.15, 0.2) is 0 Å². The van der Waals surface area contributed by atoms with Crippen molar-refractivity contribution in [1.29, 1.82) is 0 Å². The zero-order valence-corrected chi connectivity index (χ0v) is 14.6. The van der Waals surface area contributed by atoms with Crippen molar-refractivity contribution in [2.24, 2.45) is 0 Å². The van der Waals surface area contributed by atoms with Crippen molar-refractivity contribution in [1.82, 2.24) is 14.5 Å². The van der Waals surface area contributed by atoms with E-state index in [2.05, 4.69) is 15.1 Å². The zero-order valence-electron chi connectivity index (χ0n) is 13.8. The van der Waals surface area contributed by atoms with Gasteiger partial charge in [-0.2, -0.15) is 9.40 Å². The number of halogens is 1. The number of hydrogen-bond acceptors (Lipinski definition) is 4. The number of rotatable bonds is 4. The van der Waals surface area contributed by atoms with Gasteiger partial charge in [-0.05, 0) is 31.5 Å². The molecule has 0 bridgehead atoms. The highest BCUT2D eigenvalue weighted by molar-refractivity contribution is 7.88. The fraction of sp³-hybridized carbons (Fsp3) is 0.438. The molecular formula is C16H21FN4O2S. The first-order chi connectivity index (χ1) is 11.4. The summed E-state index contributed by atoms with van der Waals surface area (Å²) < 4.78 is 39.8. The van der Waals surface area contributed by atoms with E-state index in [4.69, 9.17) is 0 Å². The Morgan fingerprint density at radius 2 is 1.92 bits per heavy atom. The second-order valence-corrected chi connectivity index (χ2v) is 8.02. The number of nitrogens with zero attached hydrogens (tertiary/aromatic N) is 3. The maximum Gasteiger partial charge on any atom is 0.218 e. The van der Waals surface area contributed by atoms with Gasteiger partial charge in [0.25, 0.3) is 0 Å². The Labute approximate surface area is 141 Å². The third kappa shape index (κ3) is 3.44. The second-order valence-electron chi connectivity index (χ2n) is 6.05. The standard InChI is InChI=1S/C16H21FN4O2S/c1-12-16(13(2)19-18-12)20-6-8-21(9-7-20)24(22,23)11-14-4-3-5-15(17)10-14/h3-5,10H,6-9,11H2,1-2H3,(H,18,19). The molecule has 2 heterocycles. The Hall–Kier alpha value is -1.93. The van der Waals surface area contributed by atoms with Crippen molar-refractivity contribution in [3.8, 4) is 0 Å².